The van der Waals surface area contributed by atoms with Gasteiger partial charge in [-0.3, -0.25) is 7.85 Å². The van der Waals surface area contributed by atoms with Gasteiger partial charge in [-0.25, -0.2) is 0 Å². The van der Waals surface area contributed by atoms with E-state index in [-0.39, 0.29) is 22.7 Å². The fraction of sp³-hybridized carbons (Fsp3) is 0. The average molecular weight is 522 g/mol. The van der Waals surface area contributed by atoms with Crippen molar-refractivity contribution in [2.45, 2.75) is 0 Å². The van der Waals surface area contributed by atoms with Gasteiger partial charge in [0.15, 0.2) is 0 Å². The van der Waals surface area contributed by atoms with Gasteiger partial charge in [0.1, 0.15) is 0 Å². The van der Waals surface area contributed by atoms with Crippen LogP contribution in [0.2, 0.25) is 0 Å². The molecule has 0 bridgehead atoms. The number of hydrogen-bond acceptors (Lipinski definition) is 4. The maximum atomic E-state index is 12.7. The zero-order valence-corrected chi connectivity index (χ0v) is 18.7. The standard InChI is InChI=1S/C24H16Br2N2O2/c25-27-17(11-9-15-5-1-3-7-21(15)27)13-19-23(29)20(24(19)30)14-18-12-10-16-6-2-4-8-22(16)28(18)26/h1-14,29-30H/p-2. The van der Waals surface area contributed by atoms with E-state index in [1.54, 1.807) is 20.0 Å². The highest BCUT2D eigenvalue weighted by Crippen LogP contribution is 2.39. The van der Waals surface area contributed by atoms with Gasteiger partial charge < -0.3 is 10.2 Å². The fourth-order valence-electron chi connectivity index (χ4n) is 3.58. The van der Waals surface area contributed by atoms with E-state index >= 15 is 0 Å². The fourth-order valence-corrected chi connectivity index (χ4v) is 4.66. The molecule has 4 nitrogen and oxygen atoms in total. The first-order valence-electron chi connectivity index (χ1n) is 9.27. The second-order valence-corrected chi connectivity index (χ2v) is 8.39. The molecular formula is C24H14Br2N2O2-2. The van der Waals surface area contributed by atoms with Crippen molar-refractivity contribution >= 4 is 55.8 Å². The molecule has 5 rings (SSSR count). The highest BCUT2D eigenvalue weighted by atomic mass is 79.9. The van der Waals surface area contributed by atoms with Crippen LogP contribution in [0.25, 0.3) is 12.2 Å². The second kappa shape index (κ2) is 7.38. The molecule has 2 heterocycles. The third-order valence-electron chi connectivity index (χ3n) is 5.18. The summed E-state index contributed by atoms with van der Waals surface area (Å²) in [5.41, 5.74) is 5.86. The van der Waals surface area contributed by atoms with E-state index in [0.717, 1.165) is 33.9 Å². The maximum absolute atomic E-state index is 12.7. The van der Waals surface area contributed by atoms with Crippen molar-refractivity contribution in [2.75, 3.05) is 7.85 Å². The molecule has 0 N–H and O–H groups in total. The normalized spacial score (nSPS) is 20.1. The number of benzene rings is 2. The molecule has 0 spiro atoms. The number of rotatable bonds is 2. The van der Waals surface area contributed by atoms with Gasteiger partial charge >= 0.3 is 0 Å². The Kier molecular flexibility index (Phi) is 4.68. The molecule has 0 aromatic heterocycles. The first-order chi connectivity index (χ1) is 14.5. The average Bonchev–Trinajstić information content (AvgIpc) is 2.78. The number of halogens is 2. The van der Waals surface area contributed by atoms with E-state index < -0.39 is 0 Å². The molecule has 2 aromatic rings. The lowest BCUT2D eigenvalue weighted by Gasteiger charge is -2.38. The largest absolute Gasteiger partial charge is 0.872 e. The van der Waals surface area contributed by atoms with Gasteiger partial charge in [0.05, 0.1) is 55.1 Å². The van der Waals surface area contributed by atoms with Crippen LogP contribution in [-0.2, 0) is 0 Å². The summed E-state index contributed by atoms with van der Waals surface area (Å²) >= 11 is 7.06. The Hall–Kier alpha value is -2.96. The Bertz CT molecular complexity index is 1140. The Morgan fingerprint density at radius 3 is 1.43 bits per heavy atom. The van der Waals surface area contributed by atoms with E-state index in [4.69, 9.17) is 0 Å². The molecule has 1 aliphatic carbocycles. The number of hydrogen-bond donors (Lipinski definition) is 0. The van der Waals surface area contributed by atoms with Crippen molar-refractivity contribution in [3.05, 3.63) is 118 Å². The van der Waals surface area contributed by atoms with E-state index in [9.17, 15) is 10.2 Å². The van der Waals surface area contributed by atoms with Crippen LogP contribution in [0, 0.1) is 0 Å². The molecule has 0 amide bonds. The molecule has 30 heavy (non-hydrogen) atoms. The molecule has 0 unspecified atom stereocenters. The quantitative estimate of drug-likeness (QED) is 0.538. The van der Waals surface area contributed by atoms with E-state index in [0.29, 0.717) is 0 Å². The SMILES string of the molecule is [O-]C1=C(C=C2C=Cc3ccccc3N2Br)C([O-])=C1C=C1C=Cc2ccccc2N1Br. The minimum absolute atomic E-state index is 0.187. The lowest BCUT2D eigenvalue weighted by molar-refractivity contribution is -0.329. The van der Waals surface area contributed by atoms with Crippen LogP contribution in [-0.4, -0.2) is 0 Å². The summed E-state index contributed by atoms with van der Waals surface area (Å²) in [5, 5.41) is 25.4. The molecule has 6 heteroatoms. The van der Waals surface area contributed by atoms with Crippen LogP contribution in [0.15, 0.2) is 107 Å². The van der Waals surface area contributed by atoms with Gasteiger partial charge in [-0.15, -0.1) is 0 Å². The summed E-state index contributed by atoms with van der Waals surface area (Å²) in [4.78, 5) is 0. The summed E-state index contributed by atoms with van der Waals surface area (Å²) < 4.78 is 3.60. The van der Waals surface area contributed by atoms with Crippen molar-refractivity contribution < 1.29 is 10.2 Å². The first kappa shape index (κ1) is 19.0. The molecule has 0 saturated carbocycles. The number of allylic oxidation sites excluding steroid dienone is 4. The van der Waals surface area contributed by atoms with Gasteiger partial charge in [-0.05, 0) is 58.7 Å². The molecule has 0 saturated heterocycles. The van der Waals surface area contributed by atoms with Crippen LogP contribution in [0.1, 0.15) is 11.1 Å². The molecular weight excluding hydrogens is 508 g/mol. The Labute approximate surface area is 191 Å². The third kappa shape index (κ3) is 3.04. The second-order valence-electron chi connectivity index (χ2n) is 6.97. The van der Waals surface area contributed by atoms with Crippen molar-refractivity contribution in [3.8, 4) is 0 Å². The summed E-state index contributed by atoms with van der Waals surface area (Å²) in [7, 11) is 0. The number of anilines is 2. The van der Waals surface area contributed by atoms with Gasteiger partial charge in [0.25, 0.3) is 0 Å². The zero-order chi connectivity index (χ0) is 20.8. The van der Waals surface area contributed by atoms with Crippen LogP contribution in [0.4, 0.5) is 11.4 Å². The Balaban J connectivity index is 1.43. The van der Waals surface area contributed by atoms with Crippen LogP contribution in [0.5, 0.6) is 0 Å². The van der Waals surface area contributed by atoms with E-state index in [2.05, 4.69) is 32.3 Å². The molecule has 3 aliphatic rings. The minimum atomic E-state index is -0.249. The monoisotopic (exact) mass is 520 g/mol. The highest BCUT2D eigenvalue weighted by Gasteiger charge is 2.20. The smallest absolute Gasteiger partial charge is 0.0597 e. The van der Waals surface area contributed by atoms with E-state index in [1.807, 2.05) is 72.8 Å². The van der Waals surface area contributed by atoms with Gasteiger partial charge in [0.2, 0.25) is 0 Å². The first-order valence-corrected chi connectivity index (χ1v) is 10.7. The van der Waals surface area contributed by atoms with Crippen LogP contribution < -0.4 is 18.1 Å². The Morgan fingerprint density at radius 2 is 1.00 bits per heavy atom. The summed E-state index contributed by atoms with van der Waals surface area (Å²) in [6, 6.07) is 15.8. The maximum Gasteiger partial charge on any atom is 0.0597 e. The molecule has 0 atom stereocenters. The molecule has 2 aromatic carbocycles. The lowest BCUT2D eigenvalue weighted by Crippen LogP contribution is -2.28. The van der Waals surface area contributed by atoms with Crippen molar-refractivity contribution in [1.82, 2.24) is 0 Å². The summed E-state index contributed by atoms with van der Waals surface area (Å²) in [6.07, 6.45) is 10.9. The van der Waals surface area contributed by atoms with E-state index in [1.165, 1.54) is 0 Å². The molecule has 148 valence electrons. The zero-order valence-electron chi connectivity index (χ0n) is 15.5. The van der Waals surface area contributed by atoms with Gasteiger partial charge in [-0.1, -0.05) is 60.1 Å². The lowest BCUT2D eigenvalue weighted by atomic mass is 9.91. The third-order valence-corrected chi connectivity index (χ3v) is 6.76. The van der Waals surface area contributed by atoms with Crippen LogP contribution in [0.3, 0.4) is 0 Å². The minimum Gasteiger partial charge on any atom is -0.872 e. The van der Waals surface area contributed by atoms with Gasteiger partial charge in [0, 0.05) is 0 Å². The number of nitrogens with zero attached hydrogens (tertiary/aromatic N) is 2. The predicted molar refractivity (Wildman–Crippen MR) is 124 cm³/mol. The number of fused-ring (bicyclic) bond motifs is 2. The molecule has 2 aliphatic heterocycles. The molecule has 0 fully saturated rings. The Morgan fingerprint density at radius 1 is 0.600 bits per heavy atom. The van der Waals surface area contributed by atoms with Crippen molar-refractivity contribution in [3.63, 3.8) is 0 Å². The van der Waals surface area contributed by atoms with Crippen molar-refractivity contribution in [2.24, 2.45) is 0 Å². The highest BCUT2D eigenvalue weighted by molar-refractivity contribution is 9.10. The summed E-state index contributed by atoms with van der Waals surface area (Å²) in [5.74, 6) is -0.498. The van der Waals surface area contributed by atoms with Gasteiger partial charge in [-0.2, -0.15) is 0 Å². The number of para-hydroxylation sites is 2. The topological polar surface area (TPSA) is 52.6 Å². The van der Waals surface area contributed by atoms with Crippen molar-refractivity contribution in [1.29, 1.82) is 0 Å². The summed E-state index contributed by atoms with van der Waals surface area (Å²) in [6.45, 7) is 0. The van der Waals surface area contributed by atoms with Crippen LogP contribution >= 0.6 is 32.3 Å². The molecule has 0 radical (unpaired) electrons. The predicted octanol–water partition coefficient (Wildman–Crippen LogP) is 4.68.